The molecule has 20 heavy (non-hydrogen) atoms. The third kappa shape index (κ3) is 3.25. The molecule has 2 atom stereocenters. The average molecular weight is 353 g/mol. The van der Waals surface area contributed by atoms with Gasteiger partial charge in [-0.3, -0.25) is 4.79 Å². The molecule has 0 bridgehead atoms. The Morgan fingerprint density at radius 1 is 1.25 bits per heavy atom. The first kappa shape index (κ1) is 16.0. The van der Waals surface area contributed by atoms with Crippen LogP contribution in [0.25, 0.3) is 0 Å². The Balaban J connectivity index is 2.10. The summed E-state index contributed by atoms with van der Waals surface area (Å²) in [5, 5.41) is 3.69. The van der Waals surface area contributed by atoms with E-state index in [1.165, 1.54) is 0 Å². The van der Waals surface area contributed by atoms with Crippen molar-refractivity contribution < 1.29 is 4.79 Å². The number of amides is 1. The Labute approximate surface area is 138 Å². The summed E-state index contributed by atoms with van der Waals surface area (Å²) in [7, 11) is 0. The Hall–Kier alpha value is -0.410. The molecule has 0 spiro atoms. The van der Waals surface area contributed by atoms with E-state index in [4.69, 9.17) is 46.4 Å². The van der Waals surface area contributed by atoms with Crippen LogP contribution in [0.5, 0.6) is 0 Å². The number of allylic oxidation sites excluding steroid dienone is 1. The number of rotatable bonds is 3. The monoisotopic (exact) mass is 351 g/mol. The summed E-state index contributed by atoms with van der Waals surface area (Å²) in [5.74, 6) is -0.205. The molecule has 0 heterocycles. The van der Waals surface area contributed by atoms with Crippen LogP contribution < -0.4 is 5.32 Å². The largest absolute Gasteiger partial charge is 0.326 e. The molecule has 1 aliphatic carbocycles. The zero-order valence-corrected chi connectivity index (χ0v) is 13.9. The van der Waals surface area contributed by atoms with E-state index in [-0.39, 0.29) is 27.6 Å². The molecule has 0 radical (unpaired) electrons. The number of halogens is 4. The van der Waals surface area contributed by atoms with Crippen LogP contribution in [0.1, 0.15) is 13.8 Å². The lowest BCUT2D eigenvalue weighted by atomic mass is 10.1. The summed E-state index contributed by atoms with van der Waals surface area (Å²) in [6.07, 6.45) is 1.71. The fraction of sp³-hybridized carbons (Fsp3) is 0.357. The van der Waals surface area contributed by atoms with E-state index >= 15 is 0 Å². The zero-order chi connectivity index (χ0) is 15.1. The third-order valence-corrected chi connectivity index (χ3v) is 4.68. The fourth-order valence-corrected chi connectivity index (χ4v) is 2.99. The van der Waals surface area contributed by atoms with E-state index in [0.29, 0.717) is 15.7 Å². The molecule has 1 saturated carbocycles. The van der Waals surface area contributed by atoms with Gasteiger partial charge in [0.1, 0.15) is 4.49 Å². The Morgan fingerprint density at radius 2 is 1.90 bits per heavy atom. The summed E-state index contributed by atoms with van der Waals surface area (Å²) < 4.78 is 0.188. The molecule has 1 aliphatic rings. The zero-order valence-electron chi connectivity index (χ0n) is 10.9. The average Bonchev–Trinajstić information content (AvgIpc) is 2.84. The first-order valence-corrected chi connectivity index (χ1v) is 7.53. The van der Waals surface area contributed by atoms with Crippen LogP contribution >= 0.6 is 46.4 Å². The lowest BCUT2D eigenvalue weighted by Crippen LogP contribution is -2.16. The van der Waals surface area contributed by atoms with Crippen LogP contribution in [0, 0.1) is 17.3 Å². The molecule has 108 valence electrons. The first-order chi connectivity index (χ1) is 9.23. The molecule has 0 aliphatic heterocycles. The molecule has 1 amide bonds. The van der Waals surface area contributed by atoms with Crippen LogP contribution in [0.3, 0.4) is 0 Å². The van der Waals surface area contributed by atoms with Gasteiger partial charge in [0.25, 0.3) is 0 Å². The van der Waals surface area contributed by atoms with Crippen LogP contribution in [-0.4, -0.2) is 5.91 Å². The van der Waals surface area contributed by atoms with Crippen LogP contribution in [0.15, 0.2) is 28.8 Å². The van der Waals surface area contributed by atoms with Crippen molar-refractivity contribution in [1.29, 1.82) is 0 Å². The number of anilines is 1. The van der Waals surface area contributed by atoms with Gasteiger partial charge in [0.15, 0.2) is 0 Å². The summed E-state index contributed by atoms with van der Waals surface area (Å²) in [5.41, 5.74) is 0.460. The maximum Gasteiger partial charge on any atom is 0.228 e. The summed E-state index contributed by atoms with van der Waals surface area (Å²) >= 11 is 23.1. The molecule has 1 fully saturated rings. The Bertz CT molecular complexity index is 579. The van der Waals surface area contributed by atoms with Crippen molar-refractivity contribution in [2.24, 2.45) is 17.3 Å². The molecule has 2 nitrogen and oxygen atoms in total. The second-order valence-corrected chi connectivity index (χ2v) is 7.22. The minimum absolute atomic E-state index is 0.0373. The lowest BCUT2D eigenvalue weighted by molar-refractivity contribution is -0.118. The van der Waals surface area contributed by atoms with E-state index in [1.54, 1.807) is 24.3 Å². The topological polar surface area (TPSA) is 29.1 Å². The molecular formula is C14H13Cl4NO. The predicted molar refractivity (Wildman–Crippen MR) is 85.6 cm³/mol. The van der Waals surface area contributed by atoms with E-state index in [2.05, 4.69) is 5.32 Å². The van der Waals surface area contributed by atoms with E-state index in [0.717, 1.165) is 0 Å². The number of carbonyl (C=O) groups excluding carboxylic acids is 1. The second kappa shape index (κ2) is 5.76. The van der Waals surface area contributed by atoms with Gasteiger partial charge < -0.3 is 5.32 Å². The smallest absolute Gasteiger partial charge is 0.228 e. The molecule has 0 aromatic heterocycles. The number of hydrogen-bond acceptors (Lipinski definition) is 1. The maximum absolute atomic E-state index is 12.3. The third-order valence-electron chi connectivity index (χ3n) is 3.69. The van der Waals surface area contributed by atoms with Crippen molar-refractivity contribution in [1.82, 2.24) is 0 Å². The minimum Gasteiger partial charge on any atom is -0.326 e. The highest BCUT2D eigenvalue weighted by Gasteiger charge is 2.60. The lowest BCUT2D eigenvalue weighted by Gasteiger charge is -2.07. The SMILES string of the molecule is CC1(C)[C@H](C(=O)Nc2ccc(Cl)c(Cl)c2)[C@@H]1C=C(Cl)Cl. The first-order valence-electron chi connectivity index (χ1n) is 6.02. The van der Waals surface area contributed by atoms with Crippen molar-refractivity contribution >= 4 is 58.0 Å². The quantitative estimate of drug-likeness (QED) is 0.761. The standard InChI is InChI=1S/C14H13Cl4NO/c1-14(2)8(6-11(17)18)12(14)13(20)19-7-3-4-9(15)10(16)5-7/h3-6,8,12H,1-2H3,(H,19,20)/t8-,12-/m0/s1. The van der Waals surface area contributed by atoms with Crippen molar-refractivity contribution in [3.8, 4) is 0 Å². The molecule has 1 aromatic carbocycles. The van der Waals surface area contributed by atoms with E-state index in [9.17, 15) is 4.79 Å². The van der Waals surface area contributed by atoms with Crippen LogP contribution in [-0.2, 0) is 4.79 Å². The van der Waals surface area contributed by atoms with Crippen molar-refractivity contribution in [2.75, 3.05) is 5.32 Å². The summed E-state index contributed by atoms with van der Waals surface area (Å²) in [6, 6.07) is 4.97. The Morgan fingerprint density at radius 3 is 2.45 bits per heavy atom. The van der Waals surface area contributed by atoms with E-state index < -0.39 is 0 Å². The predicted octanol–water partition coefficient (Wildman–Crippen LogP) is 5.52. The minimum atomic E-state index is -0.163. The number of nitrogens with one attached hydrogen (secondary N) is 1. The highest BCUT2D eigenvalue weighted by atomic mass is 35.5. The second-order valence-electron chi connectivity index (χ2n) is 5.40. The molecule has 6 heteroatoms. The van der Waals surface area contributed by atoms with Crippen LogP contribution in [0.2, 0.25) is 10.0 Å². The number of hydrogen-bond donors (Lipinski definition) is 1. The van der Waals surface area contributed by atoms with Gasteiger partial charge in [-0.2, -0.15) is 0 Å². The van der Waals surface area contributed by atoms with Gasteiger partial charge in [-0.05, 0) is 35.6 Å². The van der Waals surface area contributed by atoms with Gasteiger partial charge in [0.05, 0.1) is 16.0 Å². The van der Waals surface area contributed by atoms with E-state index in [1.807, 2.05) is 13.8 Å². The van der Waals surface area contributed by atoms with Gasteiger partial charge in [0, 0.05) is 5.69 Å². The van der Waals surface area contributed by atoms with Gasteiger partial charge >= 0.3 is 0 Å². The fourth-order valence-electron chi connectivity index (χ4n) is 2.42. The molecule has 0 unspecified atom stereocenters. The molecule has 1 aromatic rings. The number of benzene rings is 1. The highest BCUT2D eigenvalue weighted by molar-refractivity contribution is 6.55. The summed E-state index contributed by atoms with van der Waals surface area (Å²) in [6.45, 7) is 4.01. The number of carbonyl (C=O) groups is 1. The summed E-state index contributed by atoms with van der Waals surface area (Å²) in [4.78, 5) is 12.3. The molecule has 2 rings (SSSR count). The normalized spacial score (nSPS) is 23.1. The maximum atomic E-state index is 12.3. The van der Waals surface area contributed by atoms with Crippen LogP contribution in [0.4, 0.5) is 5.69 Å². The van der Waals surface area contributed by atoms with Gasteiger partial charge in [-0.25, -0.2) is 0 Å². The Kier molecular flexibility index (Phi) is 4.60. The highest BCUT2D eigenvalue weighted by Crippen LogP contribution is 2.60. The van der Waals surface area contributed by atoms with Crippen molar-refractivity contribution in [2.45, 2.75) is 13.8 Å². The molecular weight excluding hydrogens is 340 g/mol. The van der Waals surface area contributed by atoms with Crippen molar-refractivity contribution in [3.05, 3.63) is 38.8 Å². The van der Waals surface area contributed by atoms with Crippen molar-refractivity contribution in [3.63, 3.8) is 0 Å². The molecule has 0 saturated heterocycles. The van der Waals surface area contributed by atoms with Gasteiger partial charge in [0.2, 0.25) is 5.91 Å². The van der Waals surface area contributed by atoms with Gasteiger partial charge in [-0.1, -0.05) is 60.3 Å². The molecule has 1 N–H and O–H groups in total. The van der Waals surface area contributed by atoms with Gasteiger partial charge in [-0.15, -0.1) is 0 Å².